The Hall–Kier alpha value is -3.52. The third-order valence-electron chi connectivity index (χ3n) is 3.65. The molecule has 0 aliphatic carbocycles. The second-order valence-corrected chi connectivity index (χ2v) is 5.89. The zero-order chi connectivity index (χ0) is 19.4. The highest BCUT2D eigenvalue weighted by atomic mass is 32.1. The van der Waals surface area contributed by atoms with Crippen molar-refractivity contribution in [3.05, 3.63) is 65.2 Å². The molecule has 0 atom stereocenters. The van der Waals surface area contributed by atoms with Crippen molar-refractivity contribution < 1.29 is 23.9 Å². The van der Waals surface area contributed by atoms with Crippen LogP contribution >= 0.6 is 12.2 Å². The Morgan fingerprint density at radius 3 is 2.30 bits per heavy atom. The van der Waals surface area contributed by atoms with Gasteiger partial charge in [-0.15, -0.1) is 0 Å². The molecule has 2 aromatic rings. The van der Waals surface area contributed by atoms with Gasteiger partial charge in [-0.2, -0.15) is 0 Å². The first-order chi connectivity index (χ1) is 13.0. The molecule has 0 aromatic heterocycles. The predicted octanol–water partition coefficient (Wildman–Crippen LogP) is 1.83. The van der Waals surface area contributed by atoms with Crippen LogP contribution in [0.4, 0.5) is 0 Å². The van der Waals surface area contributed by atoms with Crippen molar-refractivity contribution in [2.45, 2.75) is 0 Å². The summed E-state index contributed by atoms with van der Waals surface area (Å²) in [5.74, 6) is -0.823. The zero-order valence-electron chi connectivity index (χ0n) is 14.1. The summed E-state index contributed by atoms with van der Waals surface area (Å²) in [5.41, 5.74) is 0.782. The van der Waals surface area contributed by atoms with Crippen LogP contribution in [0.1, 0.15) is 15.9 Å². The fraction of sp³-hybridized carbons (Fsp3) is 0.0526. The van der Waals surface area contributed by atoms with Gasteiger partial charge in [0, 0.05) is 0 Å². The standard InChI is InChI=1S/C19H14N2O5S/c1-25-13-7-5-12(6-8-13)18(24)26-14-4-2-3-11(9-14)10-15-16(22)20-19(27)21-17(15)23/h2-10H,1H3,(H2,20,21,22,23,27). The Kier molecular flexibility index (Phi) is 5.28. The summed E-state index contributed by atoms with van der Waals surface area (Å²) in [6, 6.07) is 12.9. The highest BCUT2D eigenvalue weighted by Crippen LogP contribution is 2.19. The lowest BCUT2D eigenvalue weighted by molar-refractivity contribution is -0.123. The van der Waals surface area contributed by atoms with Crippen LogP contribution in [0.15, 0.2) is 54.1 Å². The van der Waals surface area contributed by atoms with Gasteiger partial charge >= 0.3 is 5.97 Å². The van der Waals surface area contributed by atoms with Gasteiger partial charge in [-0.1, -0.05) is 12.1 Å². The topological polar surface area (TPSA) is 93.7 Å². The maximum absolute atomic E-state index is 12.2. The van der Waals surface area contributed by atoms with Crippen LogP contribution in [0.25, 0.3) is 6.08 Å². The van der Waals surface area contributed by atoms with Gasteiger partial charge in [0.05, 0.1) is 12.7 Å². The minimum absolute atomic E-state index is 0.0377. The van der Waals surface area contributed by atoms with E-state index in [2.05, 4.69) is 10.6 Å². The fourth-order valence-corrected chi connectivity index (χ4v) is 2.52. The molecule has 0 spiro atoms. The van der Waals surface area contributed by atoms with Crippen molar-refractivity contribution in [3.8, 4) is 11.5 Å². The largest absolute Gasteiger partial charge is 0.497 e. The summed E-state index contributed by atoms with van der Waals surface area (Å²) in [4.78, 5) is 36.0. The summed E-state index contributed by atoms with van der Waals surface area (Å²) < 4.78 is 10.4. The zero-order valence-corrected chi connectivity index (χ0v) is 15.0. The smallest absolute Gasteiger partial charge is 0.343 e. The molecule has 1 aliphatic rings. The lowest BCUT2D eigenvalue weighted by Gasteiger charge is -2.16. The highest BCUT2D eigenvalue weighted by Gasteiger charge is 2.25. The number of nitrogens with one attached hydrogen (secondary N) is 2. The Balaban J connectivity index is 1.78. The first-order valence-corrected chi connectivity index (χ1v) is 8.22. The van der Waals surface area contributed by atoms with Crippen molar-refractivity contribution in [2.75, 3.05) is 7.11 Å². The van der Waals surface area contributed by atoms with Crippen LogP contribution in [-0.4, -0.2) is 30.0 Å². The molecule has 2 N–H and O–H groups in total. The maximum atomic E-state index is 12.2. The Bertz CT molecular complexity index is 944. The molecule has 2 aromatic carbocycles. The van der Waals surface area contributed by atoms with E-state index in [1.165, 1.54) is 13.2 Å². The molecule has 3 rings (SSSR count). The third kappa shape index (κ3) is 4.36. The number of benzene rings is 2. The van der Waals surface area contributed by atoms with Crippen molar-refractivity contribution in [2.24, 2.45) is 0 Å². The molecule has 2 amide bonds. The molecular formula is C19H14N2O5S. The van der Waals surface area contributed by atoms with Crippen LogP contribution in [-0.2, 0) is 9.59 Å². The summed E-state index contributed by atoms with van der Waals surface area (Å²) >= 11 is 4.75. The van der Waals surface area contributed by atoms with Gasteiger partial charge in [0.15, 0.2) is 5.11 Å². The molecule has 0 unspecified atom stereocenters. The number of ether oxygens (including phenoxy) is 2. The molecule has 27 heavy (non-hydrogen) atoms. The molecule has 1 saturated heterocycles. The number of methoxy groups -OCH3 is 1. The number of hydrogen-bond donors (Lipinski definition) is 2. The number of carbonyl (C=O) groups is 3. The third-order valence-corrected chi connectivity index (χ3v) is 3.85. The molecule has 1 fully saturated rings. The molecule has 1 aliphatic heterocycles. The Morgan fingerprint density at radius 2 is 1.67 bits per heavy atom. The van der Waals surface area contributed by atoms with E-state index < -0.39 is 17.8 Å². The molecule has 0 saturated carbocycles. The van der Waals surface area contributed by atoms with Crippen LogP contribution in [0.2, 0.25) is 0 Å². The summed E-state index contributed by atoms with van der Waals surface area (Å²) in [6.07, 6.45) is 1.39. The number of thiocarbonyl (C=S) groups is 1. The van der Waals surface area contributed by atoms with Crippen molar-refractivity contribution in [3.63, 3.8) is 0 Å². The van der Waals surface area contributed by atoms with Crippen molar-refractivity contribution in [1.82, 2.24) is 10.6 Å². The minimum Gasteiger partial charge on any atom is -0.497 e. The number of hydrogen-bond acceptors (Lipinski definition) is 6. The van der Waals surface area contributed by atoms with E-state index in [0.717, 1.165) is 0 Å². The fourth-order valence-electron chi connectivity index (χ4n) is 2.33. The lowest BCUT2D eigenvalue weighted by Crippen LogP contribution is -2.51. The van der Waals surface area contributed by atoms with Gasteiger partial charge in [-0.25, -0.2) is 4.79 Å². The first-order valence-electron chi connectivity index (χ1n) is 7.81. The average Bonchev–Trinajstić information content (AvgIpc) is 2.65. The second kappa shape index (κ2) is 7.79. The Labute approximate surface area is 160 Å². The van der Waals surface area contributed by atoms with E-state index in [0.29, 0.717) is 16.9 Å². The highest BCUT2D eigenvalue weighted by molar-refractivity contribution is 7.80. The number of rotatable bonds is 4. The van der Waals surface area contributed by atoms with Crippen LogP contribution in [0.3, 0.4) is 0 Å². The van der Waals surface area contributed by atoms with Gasteiger partial charge in [0.1, 0.15) is 17.1 Å². The van der Waals surface area contributed by atoms with Crippen molar-refractivity contribution in [1.29, 1.82) is 0 Å². The second-order valence-electron chi connectivity index (χ2n) is 5.49. The van der Waals surface area contributed by atoms with E-state index in [1.54, 1.807) is 48.5 Å². The van der Waals surface area contributed by atoms with E-state index >= 15 is 0 Å². The van der Waals surface area contributed by atoms with Gasteiger partial charge in [-0.3, -0.25) is 20.2 Å². The van der Waals surface area contributed by atoms with Gasteiger partial charge in [-0.05, 0) is 60.3 Å². The molecule has 0 bridgehead atoms. The normalized spacial score (nSPS) is 13.5. The van der Waals surface area contributed by atoms with Crippen LogP contribution in [0.5, 0.6) is 11.5 Å². The minimum atomic E-state index is -0.593. The van der Waals surface area contributed by atoms with Gasteiger partial charge in [0.2, 0.25) is 0 Å². The number of carbonyl (C=O) groups excluding carboxylic acids is 3. The van der Waals surface area contributed by atoms with E-state index in [-0.39, 0.29) is 16.4 Å². The molecule has 1 heterocycles. The quantitative estimate of drug-likeness (QED) is 0.276. The molecular weight excluding hydrogens is 368 g/mol. The Morgan fingerprint density at radius 1 is 1.00 bits per heavy atom. The predicted molar refractivity (Wildman–Crippen MR) is 101 cm³/mol. The number of amides is 2. The van der Waals surface area contributed by atoms with E-state index in [4.69, 9.17) is 21.7 Å². The van der Waals surface area contributed by atoms with Crippen molar-refractivity contribution >= 4 is 41.2 Å². The summed E-state index contributed by atoms with van der Waals surface area (Å²) in [5, 5.41) is 4.67. The average molecular weight is 382 g/mol. The van der Waals surface area contributed by atoms with E-state index in [9.17, 15) is 14.4 Å². The van der Waals surface area contributed by atoms with Crippen LogP contribution < -0.4 is 20.1 Å². The monoisotopic (exact) mass is 382 g/mol. The summed E-state index contributed by atoms with van der Waals surface area (Å²) in [7, 11) is 1.54. The molecule has 7 nitrogen and oxygen atoms in total. The maximum Gasteiger partial charge on any atom is 0.343 e. The molecule has 136 valence electrons. The van der Waals surface area contributed by atoms with Gasteiger partial charge in [0.25, 0.3) is 11.8 Å². The molecule has 0 radical (unpaired) electrons. The summed E-state index contributed by atoms with van der Waals surface area (Å²) in [6.45, 7) is 0. The lowest BCUT2D eigenvalue weighted by atomic mass is 10.1. The van der Waals surface area contributed by atoms with E-state index in [1.807, 2.05) is 0 Å². The molecule has 8 heteroatoms. The van der Waals surface area contributed by atoms with Gasteiger partial charge < -0.3 is 9.47 Å². The van der Waals surface area contributed by atoms with Crippen LogP contribution in [0, 0.1) is 0 Å². The first kappa shape index (κ1) is 18.3. The SMILES string of the molecule is COc1ccc(C(=O)Oc2cccc(C=C3C(=O)NC(=S)NC3=O)c2)cc1. The number of esters is 1.